The molecule has 0 aromatic heterocycles. The van der Waals surface area contributed by atoms with Crippen LogP contribution in [0.2, 0.25) is 0 Å². The van der Waals surface area contributed by atoms with Gasteiger partial charge in [0.15, 0.2) is 0 Å². The number of allylic oxidation sites excluding steroid dienone is 2. The molecule has 2 aromatic carbocycles. The number of carbonyl (C=O) groups excluding carboxylic acids is 3. The van der Waals surface area contributed by atoms with E-state index in [1.807, 2.05) is 66.7 Å². The van der Waals surface area contributed by atoms with Crippen molar-refractivity contribution in [2.24, 2.45) is 5.92 Å². The zero-order chi connectivity index (χ0) is 27.6. The molecule has 0 fully saturated rings. The van der Waals surface area contributed by atoms with E-state index in [0.29, 0.717) is 25.8 Å². The third kappa shape index (κ3) is 11.1. The Kier molecular flexibility index (Phi) is 14.2. The Hall–Kier alpha value is -3.71. The van der Waals surface area contributed by atoms with Crippen LogP contribution < -0.4 is 5.32 Å². The highest BCUT2D eigenvalue weighted by Crippen LogP contribution is 2.19. The van der Waals surface area contributed by atoms with Crippen molar-refractivity contribution in [2.75, 3.05) is 19.8 Å². The Morgan fingerprint density at radius 3 is 2.29 bits per heavy atom. The molecular weight excluding hydrogens is 480 g/mol. The molecule has 0 radical (unpaired) electrons. The van der Waals surface area contributed by atoms with Crippen molar-refractivity contribution >= 4 is 17.8 Å². The standard InChI is InChI=1S/C31H40N2O5/c1-3-5-6-13-19-30(36)38-24-28(26-17-11-8-12-18-26)32-31(37)27(14-4-2)22-29(35)33(20-21-34)23-25-15-9-7-10-16-25/h3-4,7-12,15-18,27-28,34H,1-2,5-6,13-14,19-24H2,(H,32,37)/t27-,28+/m1/s1. The molecule has 2 aromatic rings. The first kappa shape index (κ1) is 30.5. The van der Waals surface area contributed by atoms with Gasteiger partial charge in [-0.15, -0.1) is 13.2 Å². The Morgan fingerprint density at radius 1 is 0.974 bits per heavy atom. The number of nitrogens with one attached hydrogen (secondary N) is 1. The van der Waals surface area contributed by atoms with Crippen LogP contribution in [0.15, 0.2) is 86.0 Å². The van der Waals surface area contributed by atoms with Gasteiger partial charge < -0.3 is 20.1 Å². The maximum atomic E-state index is 13.4. The molecule has 2 N–H and O–H groups in total. The lowest BCUT2D eigenvalue weighted by Gasteiger charge is -2.26. The van der Waals surface area contributed by atoms with Gasteiger partial charge in [-0.2, -0.15) is 0 Å². The van der Waals surface area contributed by atoms with Crippen LogP contribution in [0.1, 0.15) is 55.7 Å². The highest BCUT2D eigenvalue weighted by Gasteiger charge is 2.27. The number of unbranched alkanes of at least 4 members (excludes halogenated alkanes) is 2. The fraction of sp³-hybridized carbons (Fsp3) is 0.387. The quantitative estimate of drug-likeness (QED) is 0.168. The van der Waals surface area contributed by atoms with Crippen molar-refractivity contribution in [3.05, 3.63) is 97.1 Å². The molecule has 0 unspecified atom stereocenters. The zero-order valence-corrected chi connectivity index (χ0v) is 22.1. The van der Waals surface area contributed by atoms with Crippen molar-refractivity contribution in [3.8, 4) is 0 Å². The fourth-order valence-corrected chi connectivity index (χ4v) is 4.04. The van der Waals surface area contributed by atoms with Crippen molar-refractivity contribution < 1.29 is 24.2 Å². The summed E-state index contributed by atoms with van der Waals surface area (Å²) >= 11 is 0. The van der Waals surface area contributed by atoms with Gasteiger partial charge in [0.1, 0.15) is 6.61 Å². The summed E-state index contributed by atoms with van der Waals surface area (Å²) in [5, 5.41) is 12.5. The van der Waals surface area contributed by atoms with Gasteiger partial charge in [0.2, 0.25) is 11.8 Å². The van der Waals surface area contributed by atoms with Gasteiger partial charge in [-0.05, 0) is 36.8 Å². The average Bonchev–Trinajstić information content (AvgIpc) is 2.93. The Bertz CT molecular complexity index is 1010. The van der Waals surface area contributed by atoms with E-state index in [2.05, 4.69) is 18.5 Å². The van der Waals surface area contributed by atoms with E-state index >= 15 is 0 Å². The second kappa shape index (κ2) is 17.7. The number of rotatable bonds is 18. The van der Waals surface area contributed by atoms with Crippen LogP contribution in [0.3, 0.4) is 0 Å². The summed E-state index contributed by atoms with van der Waals surface area (Å²) < 4.78 is 5.49. The number of hydrogen-bond acceptors (Lipinski definition) is 5. The van der Waals surface area contributed by atoms with Crippen LogP contribution in [0.25, 0.3) is 0 Å². The SMILES string of the molecule is C=CCCCCC(=O)OC[C@H](NC(=O)[C@H](CC=C)CC(=O)N(CCO)Cc1ccccc1)c1ccccc1. The zero-order valence-electron chi connectivity index (χ0n) is 22.1. The molecule has 7 heteroatoms. The number of aliphatic hydroxyl groups excluding tert-OH is 1. The molecule has 7 nitrogen and oxygen atoms in total. The van der Waals surface area contributed by atoms with Gasteiger partial charge in [0, 0.05) is 25.9 Å². The lowest BCUT2D eigenvalue weighted by Crippen LogP contribution is -2.40. The van der Waals surface area contributed by atoms with Crippen LogP contribution in [0.4, 0.5) is 0 Å². The van der Waals surface area contributed by atoms with Crippen molar-refractivity contribution in [1.29, 1.82) is 0 Å². The first-order valence-corrected chi connectivity index (χ1v) is 13.1. The smallest absolute Gasteiger partial charge is 0.305 e. The number of hydrogen-bond donors (Lipinski definition) is 2. The van der Waals surface area contributed by atoms with Crippen LogP contribution in [-0.4, -0.2) is 47.5 Å². The summed E-state index contributed by atoms with van der Waals surface area (Å²) in [5.74, 6) is -1.52. The predicted molar refractivity (Wildman–Crippen MR) is 149 cm³/mol. The third-order valence-electron chi connectivity index (χ3n) is 6.15. The van der Waals surface area contributed by atoms with Crippen LogP contribution >= 0.6 is 0 Å². The number of esters is 1. The van der Waals surface area contributed by atoms with Crippen LogP contribution in [0, 0.1) is 5.92 Å². The van der Waals surface area contributed by atoms with Crippen molar-refractivity contribution in [1.82, 2.24) is 10.2 Å². The molecule has 204 valence electrons. The molecular formula is C31H40N2O5. The maximum Gasteiger partial charge on any atom is 0.305 e. The minimum Gasteiger partial charge on any atom is -0.463 e. The number of nitrogens with zero attached hydrogens (tertiary/aromatic N) is 1. The molecule has 0 saturated heterocycles. The number of ether oxygens (including phenoxy) is 1. The van der Waals surface area contributed by atoms with E-state index in [1.165, 1.54) is 0 Å². The number of amides is 2. The summed E-state index contributed by atoms with van der Waals surface area (Å²) in [6.07, 6.45) is 6.44. The van der Waals surface area contributed by atoms with Gasteiger partial charge in [0.25, 0.3) is 0 Å². The predicted octanol–water partition coefficient (Wildman–Crippen LogP) is 4.74. The maximum absolute atomic E-state index is 13.4. The first-order chi connectivity index (χ1) is 18.5. The molecule has 0 aliphatic rings. The molecule has 2 amide bonds. The molecule has 0 aliphatic heterocycles. The van der Waals surface area contributed by atoms with Crippen molar-refractivity contribution in [3.63, 3.8) is 0 Å². The summed E-state index contributed by atoms with van der Waals surface area (Å²) in [7, 11) is 0. The molecule has 0 spiro atoms. The van der Waals surface area contributed by atoms with E-state index in [0.717, 1.165) is 24.0 Å². The second-order valence-corrected chi connectivity index (χ2v) is 9.14. The number of benzene rings is 2. The number of aliphatic hydroxyl groups is 1. The molecule has 0 bridgehead atoms. The molecule has 38 heavy (non-hydrogen) atoms. The van der Waals surface area contributed by atoms with E-state index in [9.17, 15) is 19.5 Å². The normalized spacial score (nSPS) is 12.1. The summed E-state index contributed by atoms with van der Waals surface area (Å²) in [4.78, 5) is 40.3. The van der Waals surface area contributed by atoms with Crippen LogP contribution in [0.5, 0.6) is 0 Å². The van der Waals surface area contributed by atoms with Gasteiger partial charge in [0.05, 0.1) is 18.6 Å². The molecule has 0 heterocycles. The minimum atomic E-state index is -0.655. The van der Waals surface area contributed by atoms with E-state index in [-0.39, 0.29) is 44.0 Å². The van der Waals surface area contributed by atoms with Gasteiger partial charge >= 0.3 is 5.97 Å². The van der Waals surface area contributed by atoms with E-state index in [4.69, 9.17) is 4.74 Å². The largest absolute Gasteiger partial charge is 0.463 e. The molecule has 0 saturated carbocycles. The fourth-order valence-electron chi connectivity index (χ4n) is 4.04. The topological polar surface area (TPSA) is 95.9 Å². The lowest BCUT2D eigenvalue weighted by atomic mass is 9.98. The molecule has 0 aliphatic carbocycles. The summed E-state index contributed by atoms with van der Waals surface area (Å²) in [6, 6.07) is 18.3. The Morgan fingerprint density at radius 2 is 1.66 bits per heavy atom. The molecule has 2 atom stereocenters. The first-order valence-electron chi connectivity index (χ1n) is 13.1. The van der Waals surface area contributed by atoms with Gasteiger partial charge in [-0.3, -0.25) is 14.4 Å². The number of carbonyl (C=O) groups is 3. The highest BCUT2D eigenvalue weighted by atomic mass is 16.5. The average molecular weight is 521 g/mol. The van der Waals surface area contributed by atoms with E-state index < -0.39 is 12.0 Å². The lowest BCUT2D eigenvalue weighted by molar-refractivity contribution is -0.145. The van der Waals surface area contributed by atoms with E-state index in [1.54, 1.807) is 11.0 Å². The Labute approximate surface area is 226 Å². The van der Waals surface area contributed by atoms with Crippen LogP contribution in [-0.2, 0) is 25.7 Å². The summed E-state index contributed by atoms with van der Waals surface area (Å²) in [5.41, 5.74) is 1.74. The van der Waals surface area contributed by atoms with Gasteiger partial charge in [-0.1, -0.05) is 72.8 Å². The summed E-state index contributed by atoms with van der Waals surface area (Å²) in [6.45, 7) is 7.78. The highest BCUT2D eigenvalue weighted by molar-refractivity contribution is 5.86. The second-order valence-electron chi connectivity index (χ2n) is 9.14. The Balaban J connectivity index is 2.07. The minimum absolute atomic E-state index is 0.00452. The van der Waals surface area contributed by atoms with Crippen molar-refractivity contribution in [2.45, 2.75) is 51.1 Å². The van der Waals surface area contributed by atoms with Gasteiger partial charge in [-0.25, -0.2) is 0 Å². The molecule has 2 rings (SSSR count). The monoisotopic (exact) mass is 520 g/mol. The third-order valence-corrected chi connectivity index (χ3v) is 6.15.